The largest absolute Gasteiger partial charge is 0.461 e. The predicted octanol–water partition coefficient (Wildman–Crippen LogP) is 4.75. The van der Waals surface area contributed by atoms with Gasteiger partial charge in [0.05, 0.1) is 6.42 Å². The van der Waals surface area contributed by atoms with Crippen LogP contribution in [0, 0.1) is 10.8 Å². The molecule has 0 amide bonds. The molecule has 112 valence electrons. The van der Waals surface area contributed by atoms with E-state index in [0.29, 0.717) is 18.4 Å². The molecule has 0 spiro atoms. The van der Waals surface area contributed by atoms with Gasteiger partial charge in [-0.25, -0.2) is 0 Å². The minimum Gasteiger partial charge on any atom is -0.461 e. The van der Waals surface area contributed by atoms with Crippen molar-refractivity contribution in [3.63, 3.8) is 0 Å². The van der Waals surface area contributed by atoms with Crippen LogP contribution < -0.4 is 0 Å². The summed E-state index contributed by atoms with van der Waals surface area (Å²) in [5.74, 6) is -0.128. The molecule has 0 bridgehead atoms. The molecule has 0 saturated heterocycles. The van der Waals surface area contributed by atoms with Crippen molar-refractivity contribution in [3.05, 3.63) is 35.4 Å². The van der Waals surface area contributed by atoms with Crippen LogP contribution in [0.5, 0.6) is 0 Å². The normalized spacial score (nSPS) is 12.3. The van der Waals surface area contributed by atoms with Gasteiger partial charge in [-0.3, -0.25) is 4.79 Å². The Morgan fingerprint density at radius 2 is 1.40 bits per heavy atom. The van der Waals surface area contributed by atoms with E-state index >= 15 is 0 Å². The van der Waals surface area contributed by atoms with Gasteiger partial charge in [0.2, 0.25) is 0 Å². The molecular formula is C18H28O2. The first kappa shape index (κ1) is 16.7. The van der Waals surface area contributed by atoms with Crippen LogP contribution in [0.2, 0.25) is 0 Å². The molecule has 0 saturated carbocycles. The van der Waals surface area contributed by atoms with Crippen molar-refractivity contribution in [2.75, 3.05) is 0 Å². The summed E-state index contributed by atoms with van der Waals surface area (Å²) in [7, 11) is 0. The first-order chi connectivity index (χ1) is 9.05. The highest BCUT2D eigenvalue weighted by Gasteiger charge is 2.17. The van der Waals surface area contributed by atoms with Crippen LogP contribution in [0.1, 0.15) is 59.1 Å². The Morgan fingerprint density at radius 1 is 0.900 bits per heavy atom. The molecule has 0 aliphatic carbocycles. The van der Waals surface area contributed by atoms with Crippen LogP contribution in [0.15, 0.2) is 24.3 Å². The maximum atomic E-state index is 11.7. The molecule has 2 heteroatoms. The molecule has 0 fully saturated rings. The van der Waals surface area contributed by atoms with Crippen LogP contribution >= 0.6 is 0 Å². The van der Waals surface area contributed by atoms with Crippen molar-refractivity contribution in [2.45, 2.75) is 61.0 Å². The van der Waals surface area contributed by atoms with Gasteiger partial charge < -0.3 is 4.74 Å². The van der Waals surface area contributed by atoms with Crippen molar-refractivity contribution >= 4 is 5.97 Å². The predicted molar refractivity (Wildman–Crippen MR) is 83.5 cm³/mol. The lowest BCUT2D eigenvalue weighted by molar-refractivity contribution is -0.147. The van der Waals surface area contributed by atoms with Crippen molar-refractivity contribution in [1.29, 1.82) is 0 Å². The van der Waals surface area contributed by atoms with Gasteiger partial charge in [0.15, 0.2) is 0 Å². The summed E-state index contributed by atoms with van der Waals surface area (Å²) >= 11 is 0. The molecule has 0 atom stereocenters. The molecule has 0 radical (unpaired) electrons. The Hall–Kier alpha value is -1.31. The van der Waals surface area contributed by atoms with E-state index in [2.05, 4.69) is 32.9 Å². The molecule has 0 aromatic heterocycles. The summed E-state index contributed by atoms with van der Waals surface area (Å²) in [6.45, 7) is 13.2. The van der Waals surface area contributed by atoms with Crippen LogP contribution in [0.25, 0.3) is 0 Å². The molecule has 0 aliphatic heterocycles. The third kappa shape index (κ3) is 7.32. The van der Waals surface area contributed by atoms with E-state index in [1.54, 1.807) is 0 Å². The fourth-order valence-electron chi connectivity index (χ4n) is 2.01. The zero-order valence-corrected chi connectivity index (χ0v) is 13.7. The summed E-state index contributed by atoms with van der Waals surface area (Å²) < 4.78 is 5.31. The Labute approximate surface area is 123 Å². The van der Waals surface area contributed by atoms with Gasteiger partial charge in [-0.2, -0.15) is 0 Å². The SMILES string of the molecule is CC(C)(C)CC(=O)OCc1ccc(CC(C)(C)C)cc1. The zero-order chi connectivity index (χ0) is 15.4. The van der Waals surface area contributed by atoms with Crippen LogP contribution in [-0.4, -0.2) is 5.97 Å². The zero-order valence-electron chi connectivity index (χ0n) is 13.7. The van der Waals surface area contributed by atoms with E-state index < -0.39 is 0 Å². The lowest BCUT2D eigenvalue weighted by Gasteiger charge is -2.18. The van der Waals surface area contributed by atoms with Crippen molar-refractivity contribution < 1.29 is 9.53 Å². The lowest BCUT2D eigenvalue weighted by Crippen LogP contribution is -2.15. The van der Waals surface area contributed by atoms with E-state index in [-0.39, 0.29) is 11.4 Å². The van der Waals surface area contributed by atoms with Gasteiger partial charge in [0, 0.05) is 0 Å². The lowest BCUT2D eigenvalue weighted by atomic mass is 9.88. The molecule has 20 heavy (non-hydrogen) atoms. The fraction of sp³-hybridized carbons (Fsp3) is 0.611. The standard InChI is InChI=1S/C18H28O2/c1-17(2,3)11-14-7-9-15(10-8-14)13-20-16(19)12-18(4,5)6/h7-10H,11-13H2,1-6H3. The number of hydrogen-bond acceptors (Lipinski definition) is 2. The van der Waals surface area contributed by atoms with E-state index in [0.717, 1.165) is 12.0 Å². The van der Waals surface area contributed by atoms with E-state index in [1.165, 1.54) is 5.56 Å². The molecule has 1 aromatic rings. The summed E-state index contributed by atoms with van der Waals surface area (Å²) in [5.41, 5.74) is 2.64. The van der Waals surface area contributed by atoms with E-state index in [1.807, 2.05) is 32.9 Å². The monoisotopic (exact) mass is 276 g/mol. The fourth-order valence-corrected chi connectivity index (χ4v) is 2.01. The third-order valence-corrected chi connectivity index (χ3v) is 2.83. The van der Waals surface area contributed by atoms with Crippen LogP contribution in [-0.2, 0) is 22.6 Å². The van der Waals surface area contributed by atoms with Crippen LogP contribution in [0.3, 0.4) is 0 Å². The Balaban J connectivity index is 2.48. The quantitative estimate of drug-likeness (QED) is 0.741. The number of hydrogen-bond donors (Lipinski definition) is 0. The number of esters is 1. The average Bonchev–Trinajstić information content (AvgIpc) is 2.23. The van der Waals surface area contributed by atoms with Gasteiger partial charge in [0.1, 0.15) is 6.61 Å². The minimum atomic E-state index is -0.128. The van der Waals surface area contributed by atoms with Crippen molar-refractivity contribution in [2.24, 2.45) is 10.8 Å². The summed E-state index contributed by atoms with van der Waals surface area (Å²) in [6, 6.07) is 8.34. The molecule has 1 aromatic carbocycles. The van der Waals surface area contributed by atoms with Crippen LogP contribution in [0.4, 0.5) is 0 Å². The second-order valence-corrected chi connectivity index (χ2v) is 7.95. The first-order valence-corrected chi connectivity index (χ1v) is 7.29. The highest BCUT2D eigenvalue weighted by molar-refractivity contribution is 5.70. The van der Waals surface area contributed by atoms with Gasteiger partial charge in [-0.1, -0.05) is 65.8 Å². The summed E-state index contributed by atoms with van der Waals surface area (Å²) in [6.07, 6.45) is 1.51. The maximum Gasteiger partial charge on any atom is 0.306 e. The van der Waals surface area contributed by atoms with Gasteiger partial charge in [0.25, 0.3) is 0 Å². The van der Waals surface area contributed by atoms with Crippen molar-refractivity contribution in [3.8, 4) is 0 Å². The highest BCUT2D eigenvalue weighted by atomic mass is 16.5. The van der Waals surface area contributed by atoms with Gasteiger partial charge in [-0.15, -0.1) is 0 Å². The molecule has 0 unspecified atom stereocenters. The topological polar surface area (TPSA) is 26.3 Å². The maximum absolute atomic E-state index is 11.7. The molecule has 0 heterocycles. The Kier molecular flexibility index (Phi) is 5.38. The molecule has 1 rings (SSSR count). The Bertz CT molecular complexity index is 430. The number of ether oxygens (including phenoxy) is 1. The van der Waals surface area contributed by atoms with Gasteiger partial charge >= 0.3 is 5.97 Å². The summed E-state index contributed by atoms with van der Waals surface area (Å²) in [5, 5.41) is 0. The number of benzene rings is 1. The average molecular weight is 276 g/mol. The second kappa shape index (κ2) is 6.43. The van der Waals surface area contributed by atoms with E-state index in [9.17, 15) is 4.79 Å². The third-order valence-electron chi connectivity index (χ3n) is 2.83. The molecule has 0 N–H and O–H groups in total. The van der Waals surface area contributed by atoms with E-state index in [4.69, 9.17) is 4.74 Å². The number of rotatable bonds is 4. The van der Waals surface area contributed by atoms with Gasteiger partial charge in [-0.05, 0) is 28.4 Å². The number of carbonyl (C=O) groups is 1. The van der Waals surface area contributed by atoms with Crippen molar-refractivity contribution in [1.82, 2.24) is 0 Å². The Morgan fingerprint density at radius 3 is 1.85 bits per heavy atom. The molecular weight excluding hydrogens is 248 g/mol. The second-order valence-electron chi connectivity index (χ2n) is 7.95. The summed E-state index contributed by atoms with van der Waals surface area (Å²) in [4.78, 5) is 11.7. The number of carbonyl (C=O) groups excluding carboxylic acids is 1. The highest BCUT2D eigenvalue weighted by Crippen LogP contribution is 2.21. The minimum absolute atomic E-state index is 0.0202. The smallest absolute Gasteiger partial charge is 0.306 e. The molecule has 0 aliphatic rings. The molecule has 2 nitrogen and oxygen atoms in total. The first-order valence-electron chi connectivity index (χ1n) is 7.29.